The number of H-pyrrole nitrogens is 1. The molecule has 2 unspecified atom stereocenters. The first-order valence-corrected chi connectivity index (χ1v) is 5.99. The van der Waals surface area contributed by atoms with Crippen molar-refractivity contribution in [1.82, 2.24) is 10.2 Å². The molecule has 0 amide bonds. The molecule has 0 bridgehead atoms. The predicted molar refractivity (Wildman–Crippen MR) is 64.7 cm³/mol. The molecule has 2 atom stereocenters. The van der Waals surface area contributed by atoms with Gasteiger partial charge < -0.3 is 0 Å². The Morgan fingerprint density at radius 3 is 2.88 bits per heavy atom. The summed E-state index contributed by atoms with van der Waals surface area (Å²) in [6.45, 7) is 0. The zero-order chi connectivity index (χ0) is 11.0. The lowest BCUT2D eigenvalue weighted by molar-refractivity contribution is 0.565. The van der Waals surface area contributed by atoms with E-state index in [-0.39, 0.29) is 5.38 Å². The molecule has 1 aromatic carbocycles. The van der Waals surface area contributed by atoms with Gasteiger partial charge in [0.15, 0.2) is 0 Å². The largest absolute Gasteiger partial charge is 0.282 e. The number of alkyl halides is 1. The van der Waals surface area contributed by atoms with Crippen molar-refractivity contribution in [3.05, 3.63) is 53.3 Å². The molecule has 0 saturated heterocycles. The van der Waals surface area contributed by atoms with Crippen molar-refractivity contribution in [2.24, 2.45) is 0 Å². The van der Waals surface area contributed by atoms with E-state index < -0.39 is 0 Å². The zero-order valence-corrected chi connectivity index (χ0v) is 9.61. The number of hydrogen-bond acceptors (Lipinski definition) is 1. The van der Waals surface area contributed by atoms with Gasteiger partial charge in [0.2, 0.25) is 0 Å². The molecule has 82 valence electrons. The number of benzene rings is 1. The van der Waals surface area contributed by atoms with E-state index in [0.717, 1.165) is 12.8 Å². The lowest BCUT2D eigenvalue weighted by Crippen LogP contribution is -2.13. The molecule has 1 aromatic heterocycles. The number of rotatable bonds is 1. The van der Waals surface area contributed by atoms with Gasteiger partial charge in [-0.2, -0.15) is 5.10 Å². The average molecular weight is 233 g/mol. The standard InChI is InChI=1S/C13H13ClN2/c14-12-6-10(9-4-2-1-3-5-9)7-13-11(12)8-15-16-13/h1-5,8,10,12H,6-7H2,(H,15,16). The van der Waals surface area contributed by atoms with Crippen molar-refractivity contribution < 1.29 is 0 Å². The number of aromatic amines is 1. The van der Waals surface area contributed by atoms with Gasteiger partial charge in [0.1, 0.15) is 0 Å². The molecule has 1 aliphatic rings. The maximum Gasteiger partial charge on any atom is 0.0624 e. The van der Waals surface area contributed by atoms with Gasteiger partial charge in [0, 0.05) is 11.3 Å². The van der Waals surface area contributed by atoms with E-state index in [4.69, 9.17) is 11.6 Å². The van der Waals surface area contributed by atoms with Crippen molar-refractivity contribution >= 4 is 11.6 Å². The van der Waals surface area contributed by atoms with E-state index in [1.807, 2.05) is 12.3 Å². The molecule has 1 aliphatic carbocycles. The van der Waals surface area contributed by atoms with Crippen LogP contribution in [-0.2, 0) is 6.42 Å². The second-order valence-electron chi connectivity index (χ2n) is 4.32. The predicted octanol–water partition coefficient (Wildman–Crippen LogP) is 3.42. The summed E-state index contributed by atoms with van der Waals surface area (Å²) in [5, 5.41) is 7.22. The summed E-state index contributed by atoms with van der Waals surface area (Å²) in [5.74, 6) is 0.511. The van der Waals surface area contributed by atoms with Crippen LogP contribution in [0.3, 0.4) is 0 Å². The van der Waals surface area contributed by atoms with Crippen LogP contribution in [0.1, 0.15) is 34.5 Å². The minimum Gasteiger partial charge on any atom is -0.282 e. The van der Waals surface area contributed by atoms with E-state index in [1.54, 1.807) is 0 Å². The summed E-state index contributed by atoms with van der Waals surface area (Å²) < 4.78 is 0. The molecule has 16 heavy (non-hydrogen) atoms. The number of fused-ring (bicyclic) bond motifs is 1. The molecule has 0 radical (unpaired) electrons. The highest BCUT2D eigenvalue weighted by molar-refractivity contribution is 6.21. The fourth-order valence-corrected chi connectivity index (χ4v) is 2.84. The van der Waals surface area contributed by atoms with Crippen LogP contribution < -0.4 is 0 Å². The Morgan fingerprint density at radius 1 is 1.25 bits per heavy atom. The van der Waals surface area contributed by atoms with Crippen LogP contribution in [0.4, 0.5) is 0 Å². The summed E-state index contributed by atoms with van der Waals surface area (Å²) in [6, 6.07) is 10.6. The molecule has 0 saturated carbocycles. The molecule has 0 aliphatic heterocycles. The highest BCUT2D eigenvalue weighted by Gasteiger charge is 2.27. The topological polar surface area (TPSA) is 28.7 Å². The zero-order valence-electron chi connectivity index (χ0n) is 8.86. The van der Waals surface area contributed by atoms with E-state index in [9.17, 15) is 0 Å². The fourth-order valence-electron chi connectivity index (χ4n) is 2.44. The Morgan fingerprint density at radius 2 is 2.06 bits per heavy atom. The number of aromatic nitrogens is 2. The number of hydrogen-bond donors (Lipinski definition) is 1. The van der Waals surface area contributed by atoms with Gasteiger partial charge in [-0.15, -0.1) is 11.6 Å². The maximum absolute atomic E-state index is 6.37. The van der Waals surface area contributed by atoms with E-state index >= 15 is 0 Å². The van der Waals surface area contributed by atoms with Gasteiger partial charge in [-0.05, 0) is 24.3 Å². The second-order valence-corrected chi connectivity index (χ2v) is 4.85. The summed E-state index contributed by atoms with van der Waals surface area (Å²) in [7, 11) is 0. The molecule has 0 spiro atoms. The highest BCUT2D eigenvalue weighted by atomic mass is 35.5. The lowest BCUT2D eigenvalue weighted by atomic mass is 9.83. The van der Waals surface area contributed by atoms with Crippen LogP contribution in [0.15, 0.2) is 36.5 Å². The first-order chi connectivity index (χ1) is 7.84. The number of nitrogens with one attached hydrogen (secondary N) is 1. The molecule has 1 N–H and O–H groups in total. The Kier molecular flexibility index (Phi) is 2.44. The van der Waals surface area contributed by atoms with Crippen LogP contribution in [-0.4, -0.2) is 10.2 Å². The monoisotopic (exact) mass is 232 g/mol. The van der Waals surface area contributed by atoms with Crippen molar-refractivity contribution in [1.29, 1.82) is 0 Å². The van der Waals surface area contributed by atoms with Gasteiger partial charge in [0.25, 0.3) is 0 Å². The minimum atomic E-state index is 0.0905. The van der Waals surface area contributed by atoms with Crippen LogP contribution >= 0.6 is 11.6 Å². The third kappa shape index (κ3) is 1.63. The van der Waals surface area contributed by atoms with Crippen molar-refractivity contribution in [3.63, 3.8) is 0 Å². The normalized spacial score (nSPS) is 24.1. The highest BCUT2D eigenvalue weighted by Crippen LogP contribution is 2.40. The number of halogens is 1. The summed E-state index contributed by atoms with van der Waals surface area (Å²) >= 11 is 6.37. The maximum atomic E-state index is 6.37. The fraction of sp³-hybridized carbons (Fsp3) is 0.308. The van der Waals surface area contributed by atoms with Gasteiger partial charge in [-0.3, -0.25) is 5.10 Å². The molecular weight excluding hydrogens is 220 g/mol. The second kappa shape index (κ2) is 3.95. The van der Waals surface area contributed by atoms with Gasteiger partial charge >= 0.3 is 0 Å². The van der Waals surface area contributed by atoms with Crippen molar-refractivity contribution in [3.8, 4) is 0 Å². The molecule has 0 fully saturated rings. The third-order valence-corrected chi connectivity index (χ3v) is 3.72. The lowest BCUT2D eigenvalue weighted by Gasteiger charge is -2.25. The Balaban J connectivity index is 1.92. The van der Waals surface area contributed by atoms with E-state index in [1.165, 1.54) is 16.8 Å². The van der Waals surface area contributed by atoms with Crippen LogP contribution in [0.25, 0.3) is 0 Å². The van der Waals surface area contributed by atoms with Crippen LogP contribution in [0.5, 0.6) is 0 Å². The van der Waals surface area contributed by atoms with E-state index in [0.29, 0.717) is 5.92 Å². The smallest absolute Gasteiger partial charge is 0.0624 e. The molecule has 2 aromatic rings. The van der Waals surface area contributed by atoms with Crippen LogP contribution in [0, 0.1) is 0 Å². The van der Waals surface area contributed by atoms with Gasteiger partial charge in [0.05, 0.1) is 11.6 Å². The molecular formula is C13H13ClN2. The Bertz CT molecular complexity index is 478. The van der Waals surface area contributed by atoms with Gasteiger partial charge in [-0.25, -0.2) is 0 Å². The third-order valence-electron chi connectivity index (χ3n) is 3.30. The average Bonchev–Trinajstić information content (AvgIpc) is 2.79. The summed E-state index contributed by atoms with van der Waals surface area (Å²) in [6.07, 6.45) is 3.87. The minimum absolute atomic E-state index is 0.0905. The molecule has 3 heteroatoms. The van der Waals surface area contributed by atoms with Crippen molar-refractivity contribution in [2.75, 3.05) is 0 Å². The van der Waals surface area contributed by atoms with Crippen molar-refractivity contribution in [2.45, 2.75) is 24.1 Å². The first kappa shape index (κ1) is 9.91. The number of nitrogens with zero attached hydrogens (tertiary/aromatic N) is 1. The summed E-state index contributed by atoms with van der Waals surface area (Å²) in [5.41, 5.74) is 3.74. The summed E-state index contributed by atoms with van der Waals surface area (Å²) in [4.78, 5) is 0. The van der Waals surface area contributed by atoms with Gasteiger partial charge in [-0.1, -0.05) is 30.3 Å². The SMILES string of the molecule is ClC1CC(c2ccccc2)Cc2[nH]ncc21. The molecule has 2 nitrogen and oxygen atoms in total. The first-order valence-electron chi connectivity index (χ1n) is 5.56. The quantitative estimate of drug-likeness (QED) is 0.750. The molecule has 3 rings (SSSR count). The van der Waals surface area contributed by atoms with E-state index in [2.05, 4.69) is 34.5 Å². The Labute approximate surface area is 99.6 Å². The van der Waals surface area contributed by atoms with Crippen LogP contribution in [0.2, 0.25) is 0 Å². The molecule has 1 heterocycles. The Hall–Kier alpha value is -1.28.